The Balaban J connectivity index is 1.80. The molecule has 1 heterocycles. The zero-order chi connectivity index (χ0) is 23.8. The van der Waals surface area contributed by atoms with Crippen LogP contribution in [0, 0.1) is 0 Å². The Hall–Kier alpha value is -3.01. The van der Waals surface area contributed by atoms with Crippen LogP contribution in [0.4, 0.5) is 5.69 Å². The minimum absolute atomic E-state index is 0.0894. The van der Waals surface area contributed by atoms with E-state index in [0.29, 0.717) is 11.3 Å². The molecule has 3 aromatic carbocycles. The van der Waals surface area contributed by atoms with Gasteiger partial charge in [-0.3, -0.25) is 9.59 Å². The lowest BCUT2D eigenvalue weighted by atomic mass is 9.95. The molecule has 0 saturated heterocycles. The number of hydrogen-bond acceptors (Lipinski definition) is 4. The summed E-state index contributed by atoms with van der Waals surface area (Å²) in [4.78, 5) is 28.0. The largest absolute Gasteiger partial charge is 0.324 e. The highest BCUT2D eigenvalue weighted by molar-refractivity contribution is 9.10. The predicted molar refractivity (Wildman–Crippen MR) is 129 cm³/mol. The van der Waals surface area contributed by atoms with E-state index in [-0.39, 0.29) is 23.3 Å². The van der Waals surface area contributed by atoms with E-state index in [4.69, 9.17) is 0 Å². The average molecular weight is 528 g/mol. The molecule has 1 aliphatic heterocycles. The van der Waals surface area contributed by atoms with E-state index in [1.165, 1.54) is 43.3 Å². The first kappa shape index (κ1) is 23.2. The lowest BCUT2D eigenvalue weighted by Crippen LogP contribution is -2.39. The summed E-state index contributed by atoms with van der Waals surface area (Å²) in [5.74, 6) is -0.683. The molecule has 170 valence electrons. The van der Waals surface area contributed by atoms with Crippen molar-refractivity contribution in [2.45, 2.75) is 10.9 Å². The maximum Gasteiger partial charge on any atom is 0.255 e. The molecule has 0 aliphatic carbocycles. The molecule has 9 heteroatoms. The number of sulfonamides is 1. The second-order valence-electron chi connectivity index (χ2n) is 7.84. The number of carbonyl (C=O) groups is 2. The van der Waals surface area contributed by atoms with Gasteiger partial charge in [-0.2, -0.15) is 0 Å². The number of halogens is 1. The third kappa shape index (κ3) is 4.57. The fourth-order valence-electron chi connectivity index (χ4n) is 3.81. The van der Waals surface area contributed by atoms with Gasteiger partial charge in [0.2, 0.25) is 15.9 Å². The van der Waals surface area contributed by atoms with Crippen LogP contribution in [0.25, 0.3) is 0 Å². The molecule has 0 unspecified atom stereocenters. The van der Waals surface area contributed by atoms with E-state index in [1.54, 1.807) is 0 Å². The second-order valence-corrected chi connectivity index (χ2v) is 10.9. The summed E-state index contributed by atoms with van der Waals surface area (Å²) in [6.07, 6.45) is 0. The molecule has 33 heavy (non-hydrogen) atoms. The summed E-state index contributed by atoms with van der Waals surface area (Å²) < 4.78 is 26.7. The van der Waals surface area contributed by atoms with Gasteiger partial charge in [-0.25, -0.2) is 12.7 Å². The molecule has 1 atom stereocenters. The molecule has 0 fully saturated rings. The Labute approximate surface area is 201 Å². The van der Waals surface area contributed by atoms with Crippen molar-refractivity contribution in [2.75, 3.05) is 26.0 Å². The second kappa shape index (κ2) is 9.09. The summed E-state index contributed by atoms with van der Waals surface area (Å²) in [5, 5.41) is 2.89. The van der Waals surface area contributed by atoms with Crippen LogP contribution < -0.4 is 5.32 Å². The van der Waals surface area contributed by atoms with Crippen LogP contribution in [0.3, 0.4) is 0 Å². The highest BCUT2D eigenvalue weighted by Gasteiger charge is 2.34. The number of benzene rings is 3. The van der Waals surface area contributed by atoms with Crippen LogP contribution in [0.5, 0.6) is 0 Å². The van der Waals surface area contributed by atoms with Gasteiger partial charge in [0.05, 0.1) is 10.9 Å². The van der Waals surface area contributed by atoms with Crippen molar-refractivity contribution in [1.82, 2.24) is 9.21 Å². The molecule has 2 amide bonds. The molecule has 7 nitrogen and oxygen atoms in total. The van der Waals surface area contributed by atoms with Crippen LogP contribution in [-0.4, -0.2) is 50.1 Å². The van der Waals surface area contributed by atoms with Gasteiger partial charge in [0.25, 0.3) is 5.91 Å². The van der Waals surface area contributed by atoms with Gasteiger partial charge >= 0.3 is 0 Å². The van der Waals surface area contributed by atoms with E-state index < -0.39 is 16.1 Å². The van der Waals surface area contributed by atoms with Gasteiger partial charge in [0.1, 0.15) is 6.54 Å². The molecule has 0 aromatic heterocycles. The number of nitrogens with one attached hydrogen (secondary N) is 1. The standard InChI is InChI=1S/C24H22BrN3O4S/c1-27(2)33(31,32)19-11-8-17(9-12-19)24(30)28-15-22(29)26-21-13-10-18(25)14-20(21)23(28)16-6-4-3-5-7-16/h3-14,23H,15H2,1-2H3,(H,26,29)/t23-/m1/s1. The molecule has 0 spiro atoms. The number of fused-ring (bicyclic) bond motifs is 1. The highest BCUT2D eigenvalue weighted by Crippen LogP contribution is 2.38. The molecule has 4 rings (SSSR count). The van der Waals surface area contributed by atoms with Gasteiger partial charge < -0.3 is 10.2 Å². The number of amides is 2. The Bertz CT molecular complexity index is 1310. The number of nitrogens with zero attached hydrogens (tertiary/aromatic N) is 2. The first-order chi connectivity index (χ1) is 15.7. The van der Waals surface area contributed by atoms with E-state index in [1.807, 2.05) is 48.5 Å². The van der Waals surface area contributed by atoms with E-state index >= 15 is 0 Å². The van der Waals surface area contributed by atoms with Crippen LogP contribution in [0.1, 0.15) is 27.5 Å². The summed E-state index contributed by atoms with van der Waals surface area (Å²) in [7, 11) is -0.721. The molecule has 1 aliphatic rings. The highest BCUT2D eigenvalue weighted by atomic mass is 79.9. The molecular weight excluding hydrogens is 506 g/mol. The van der Waals surface area contributed by atoms with Crippen LogP contribution in [-0.2, 0) is 14.8 Å². The molecule has 0 radical (unpaired) electrons. The lowest BCUT2D eigenvalue weighted by Gasteiger charge is -2.31. The zero-order valence-corrected chi connectivity index (χ0v) is 20.4. The Morgan fingerprint density at radius 2 is 1.70 bits per heavy atom. The number of anilines is 1. The Morgan fingerprint density at radius 1 is 1.03 bits per heavy atom. The van der Waals surface area contributed by atoms with E-state index in [9.17, 15) is 18.0 Å². The zero-order valence-electron chi connectivity index (χ0n) is 18.0. The average Bonchev–Trinajstić information content (AvgIpc) is 2.94. The molecule has 1 N–H and O–H groups in total. The third-order valence-corrected chi connectivity index (χ3v) is 7.79. The quantitative estimate of drug-likeness (QED) is 0.557. The van der Waals surface area contributed by atoms with Crippen molar-refractivity contribution in [3.05, 3.63) is 94.0 Å². The normalized spacial score (nSPS) is 16.2. The Kier molecular flexibility index (Phi) is 6.38. The minimum Gasteiger partial charge on any atom is -0.324 e. The van der Waals surface area contributed by atoms with Crippen molar-refractivity contribution in [3.8, 4) is 0 Å². The maximum absolute atomic E-state index is 13.6. The van der Waals surface area contributed by atoms with Crippen molar-refractivity contribution >= 4 is 43.5 Å². The van der Waals surface area contributed by atoms with Gasteiger partial charge in [0.15, 0.2) is 0 Å². The number of hydrogen-bond donors (Lipinski definition) is 1. The van der Waals surface area contributed by atoms with Gasteiger partial charge in [-0.1, -0.05) is 46.3 Å². The molecular formula is C24H22BrN3O4S. The topological polar surface area (TPSA) is 86.8 Å². The third-order valence-electron chi connectivity index (χ3n) is 5.46. The van der Waals surface area contributed by atoms with Crippen molar-refractivity contribution in [3.63, 3.8) is 0 Å². The van der Waals surface area contributed by atoms with Gasteiger partial charge in [-0.15, -0.1) is 0 Å². The SMILES string of the molecule is CN(C)S(=O)(=O)c1ccc(C(=O)N2CC(=O)Nc3ccc(Br)cc3[C@H]2c2ccccc2)cc1. The molecule has 0 bridgehead atoms. The first-order valence-electron chi connectivity index (χ1n) is 10.2. The Morgan fingerprint density at radius 3 is 2.33 bits per heavy atom. The van der Waals surface area contributed by atoms with E-state index in [0.717, 1.165) is 19.9 Å². The van der Waals surface area contributed by atoms with Crippen molar-refractivity contribution in [2.24, 2.45) is 0 Å². The van der Waals surface area contributed by atoms with Gasteiger partial charge in [-0.05, 0) is 48.0 Å². The number of rotatable bonds is 4. The number of carbonyl (C=O) groups excluding carboxylic acids is 2. The molecule has 0 saturated carbocycles. The summed E-state index contributed by atoms with van der Waals surface area (Å²) in [6, 6.07) is 20.3. The van der Waals surface area contributed by atoms with Crippen molar-refractivity contribution < 1.29 is 18.0 Å². The van der Waals surface area contributed by atoms with Crippen LogP contribution in [0.15, 0.2) is 82.2 Å². The van der Waals surface area contributed by atoms with Crippen LogP contribution in [0.2, 0.25) is 0 Å². The summed E-state index contributed by atoms with van der Waals surface area (Å²) in [5.41, 5.74) is 2.56. The smallest absolute Gasteiger partial charge is 0.255 e. The summed E-state index contributed by atoms with van der Waals surface area (Å²) in [6.45, 7) is -0.150. The predicted octanol–water partition coefficient (Wildman–Crippen LogP) is 3.88. The first-order valence-corrected chi connectivity index (χ1v) is 12.4. The maximum atomic E-state index is 13.6. The van der Waals surface area contributed by atoms with E-state index in [2.05, 4.69) is 21.2 Å². The monoisotopic (exact) mass is 527 g/mol. The fraction of sp³-hybridized carbons (Fsp3) is 0.167. The van der Waals surface area contributed by atoms with Gasteiger partial charge in [0, 0.05) is 35.4 Å². The lowest BCUT2D eigenvalue weighted by molar-refractivity contribution is -0.117. The van der Waals surface area contributed by atoms with Crippen LogP contribution >= 0.6 is 15.9 Å². The summed E-state index contributed by atoms with van der Waals surface area (Å²) >= 11 is 3.49. The fourth-order valence-corrected chi connectivity index (χ4v) is 5.09. The minimum atomic E-state index is -3.62. The van der Waals surface area contributed by atoms with Crippen molar-refractivity contribution in [1.29, 1.82) is 0 Å². The molecule has 3 aromatic rings.